The molecule has 1 aliphatic rings. The number of pyridine rings is 1. The third-order valence-electron chi connectivity index (χ3n) is 2.81. The number of ether oxygens (including phenoxy) is 1. The van der Waals surface area contributed by atoms with Crippen LogP contribution in [0.5, 0.6) is 5.88 Å². The van der Waals surface area contributed by atoms with Gasteiger partial charge in [0.1, 0.15) is 5.76 Å². The van der Waals surface area contributed by atoms with E-state index in [9.17, 15) is 0 Å². The largest absolute Gasteiger partial charge is 0.439 e. The summed E-state index contributed by atoms with van der Waals surface area (Å²) in [5, 5.41) is 2.20. The van der Waals surface area contributed by atoms with Crippen molar-refractivity contribution < 1.29 is 4.74 Å². The van der Waals surface area contributed by atoms with Crippen LogP contribution in [0, 0.1) is 0 Å². The lowest BCUT2D eigenvalue weighted by molar-refractivity contribution is 0.427. The number of hydrogen-bond acceptors (Lipinski definition) is 2. The van der Waals surface area contributed by atoms with Gasteiger partial charge in [-0.25, -0.2) is 4.98 Å². The van der Waals surface area contributed by atoms with Gasteiger partial charge >= 0.3 is 0 Å². The predicted molar refractivity (Wildman–Crippen MR) is 68.8 cm³/mol. The highest BCUT2D eigenvalue weighted by Gasteiger charge is 2.05. The van der Waals surface area contributed by atoms with Gasteiger partial charge in [0.25, 0.3) is 0 Å². The van der Waals surface area contributed by atoms with E-state index in [0.29, 0.717) is 5.88 Å². The fourth-order valence-electron chi connectivity index (χ4n) is 1.95. The van der Waals surface area contributed by atoms with Crippen LogP contribution in [0.25, 0.3) is 10.8 Å². The summed E-state index contributed by atoms with van der Waals surface area (Å²) in [5.74, 6) is 1.57. The predicted octanol–water partition coefficient (Wildman–Crippen LogP) is 3.85. The van der Waals surface area contributed by atoms with Gasteiger partial charge in [0, 0.05) is 11.6 Å². The van der Waals surface area contributed by atoms with Crippen molar-refractivity contribution in [3.63, 3.8) is 0 Å². The fraction of sp³-hybridized carbons (Fsp3) is 0.133. The van der Waals surface area contributed by atoms with Gasteiger partial charge in [-0.2, -0.15) is 0 Å². The first-order valence-corrected chi connectivity index (χ1v) is 5.82. The van der Waals surface area contributed by atoms with E-state index in [-0.39, 0.29) is 0 Å². The topological polar surface area (TPSA) is 22.1 Å². The molecular weight excluding hydrogens is 210 g/mol. The molecule has 0 spiro atoms. The van der Waals surface area contributed by atoms with Gasteiger partial charge in [-0.15, -0.1) is 0 Å². The molecule has 1 aliphatic carbocycles. The summed E-state index contributed by atoms with van der Waals surface area (Å²) >= 11 is 0. The number of fused-ring (bicyclic) bond motifs is 1. The molecule has 0 atom stereocenters. The van der Waals surface area contributed by atoms with Gasteiger partial charge in [-0.3, -0.25) is 0 Å². The third-order valence-corrected chi connectivity index (χ3v) is 2.81. The zero-order valence-corrected chi connectivity index (χ0v) is 9.47. The fourth-order valence-corrected chi connectivity index (χ4v) is 1.95. The molecule has 0 aliphatic heterocycles. The van der Waals surface area contributed by atoms with Gasteiger partial charge in [0.05, 0.1) is 0 Å². The Kier molecular flexibility index (Phi) is 2.62. The molecule has 0 amide bonds. The summed E-state index contributed by atoms with van der Waals surface area (Å²) < 4.78 is 5.83. The maximum absolute atomic E-state index is 5.83. The molecule has 1 heterocycles. The van der Waals surface area contributed by atoms with Crippen LogP contribution in [-0.4, -0.2) is 4.98 Å². The normalized spacial score (nSPS) is 14.7. The Morgan fingerprint density at radius 1 is 1.06 bits per heavy atom. The number of hydrogen-bond donors (Lipinski definition) is 0. The van der Waals surface area contributed by atoms with Crippen molar-refractivity contribution in [3.05, 3.63) is 60.5 Å². The van der Waals surface area contributed by atoms with Crippen molar-refractivity contribution in [2.24, 2.45) is 0 Å². The molecule has 1 aromatic heterocycles. The highest BCUT2D eigenvalue weighted by atomic mass is 16.5. The molecule has 2 aromatic rings. The second kappa shape index (κ2) is 4.42. The number of aromatic nitrogens is 1. The standard InChI is InChI=1S/C15H13NO/c1-2-7-13(8-3-1)17-15-14-9-5-4-6-12(14)10-11-16-15/h2,4-11H,1,3H2. The number of rotatable bonds is 2. The van der Waals surface area contributed by atoms with Crippen LogP contribution in [0.1, 0.15) is 12.8 Å². The molecule has 0 bridgehead atoms. The summed E-state index contributed by atoms with van der Waals surface area (Å²) in [4.78, 5) is 4.30. The first kappa shape index (κ1) is 10.1. The molecule has 17 heavy (non-hydrogen) atoms. The molecule has 0 saturated heterocycles. The molecule has 0 unspecified atom stereocenters. The third kappa shape index (κ3) is 2.07. The lowest BCUT2D eigenvalue weighted by atomic mass is 10.1. The van der Waals surface area contributed by atoms with Crippen molar-refractivity contribution in [1.29, 1.82) is 0 Å². The van der Waals surface area contributed by atoms with E-state index in [1.165, 1.54) is 0 Å². The SMILES string of the molecule is C1=CC(Oc2nccc3ccccc23)=CCC1. The molecular formula is C15H13NO. The summed E-state index contributed by atoms with van der Waals surface area (Å²) in [6, 6.07) is 10.1. The van der Waals surface area contributed by atoms with Crippen molar-refractivity contribution in [3.8, 4) is 5.88 Å². The highest BCUT2D eigenvalue weighted by molar-refractivity contribution is 5.86. The minimum Gasteiger partial charge on any atom is -0.439 e. The Labute approximate surface area is 100 Å². The van der Waals surface area contributed by atoms with Gasteiger partial charge in [0.2, 0.25) is 5.88 Å². The molecule has 1 aromatic carbocycles. The molecule has 0 saturated carbocycles. The lowest BCUT2D eigenvalue weighted by Gasteiger charge is -2.10. The quantitative estimate of drug-likeness (QED) is 0.771. The molecule has 0 fully saturated rings. The summed E-state index contributed by atoms with van der Waals surface area (Å²) in [6.45, 7) is 0. The van der Waals surface area contributed by atoms with E-state index in [1.54, 1.807) is 6.20 Å². The maximum Gasteiger partial charge on any atom is 0.227 e. The Balaban J connectivity index is 2.00. The average Bonchev–Trinajstić information content (AvgIpc) is 2.40. The Hall–Kier alpha value is -2.09. The maximum atomic E-state index is 5.83. The highest BCUT2D eigenvalue weighted by Crippen LogP contribution is 2.25. The van der Waals surface area contributed by atoms with Gasteiger partial charge in [-0.05, 0) is 42.5 Å². The monoisotopic (exact) mass is 223 g/mol. The average molecular weight is 223 g/mol. The lowest BCUT2D eigenvalue weighted by Crippen LogP contribution is -1.97. The Morgan fingerprint density at radius 2 is 2.00 bits per heavy atom. The molecule has 0 radical (unpaired) electrons. The van der Waals surface area contributed by atoms with Crippen LogP contribution in [0.15, 0.2) is 60.5 Å². The van der Waals surface area contributed by atoms with Crippen LogP contribution in [0.2, 0.25) is 0 Å². The number of nitrogens with zero attached hydrogens (tertiary/aromatic N) is 1. The van der Waals surface area contributed by atoms with Crippen LogP contribution >= 0.6 is 0 Å². The van der Waals surface area contributed by atoms with E-state index >= 15 is 0 Å². The van der Waals surface area contributed by atoms with Gasteiger partial charge in [-0.1, -0.05) is 24.3 Å². The van der Waals surface area contributed by atoms with Gasteiger partial charge in [0.15, 0.2) is 0 Å². The molecule has 2 heteroatoms. The van der Waals surface area contributed by atoms with Crippen molar-refractivity contribution in [2.75, 3.05) is 0 Å². The summed E-state index contributed by atoms with van der Waals surface area (Å²) in [5.41, 5.74) is 0. The molecule has 3 rings (SSSR count). The summed E-state index contributed by atoms with van der Waals surface area (Å²) in [6.07, 6.45) is 10.1. The number of allylic oxidation sites excluding steroid dienone is 3. The number of benzene rings is 1. The van der Waals surface area contributed by atoms with Crippen LogP contribution < -0.4 is 4.74 Å². The smallest absolute Gasteiger partial charge is 0.227 e. The van der Waals surface area contributed by atoms with E-state index in [0.717, 1.165) is 29.4 Å². The van der Waals surface area contributed by atoms with Crippen molar-refractivity contribution in [2.45, 2.75) is 12.8 Å². The first-order valence-electron chi connectivity index (χ1n) is 5.82. The van der Waals surface area contributed by atoms with E-state index < -0.39 is 0 Å². The Bertz CT molecular complexity index is 593. The van der Waals surface area contributed by atoms with Crippen molar-refractivity contribution in [1.82, 2.24) is 4.98 Å². The molecule has 2 nitrogen and oxygen atoms in total. The van der Waals surface area contributed by atoms with Crippen LogP contribution in [0.4, 0.5) is 0 Å². The van der Waals surface area contributed by atoms with E-state index in [2.05, 4.69) is 23.2 Å². The second-order valence-electron chi connectivity index (χ2n) is 4.03. The van der Waals surface area contributed by atoms with Crippen molar-refractivity contribution >= 4 is 10.8 Å². The van der Waals surface area contributed by atoms with Crippen LogP contribution in [0.3, 0.4) is 0 Å². The minimum absolute atomic E-state index is 0.681. The first-order chi connectivity index (χ1) is 8.43. The summed E-state index contributed by atoms with van der Waals surface area (Å²) in [7, 11) is 0. The Morgan fingerprint density at radius 3 is 2.88 bits per heavy atom. The second-order valence-corrected chi connectivity index (χ2v) is 4.03. The molecule has 84 valence electrons. The van der Waals surface area contributed by atoms with Crippen LogP contribution in [-0.2, 0) is 0 Å². The zero-order valence-electron chi connectivity index (χ0n) is 9.47. The minimum atomic E-state index is 0.681. The molecule has 0 N–H and O–H groups in total. The van der Waals surface area contributed by atoms with Gasteiger partial charge < -0.3 is 4.74 Å². The zero-order chi connectivity index (χ0) is 11.5. The van der Waals surface area contributed by atoms with E-state index in [1.807, 2.05) is 30.3 Å². The van der Waals surface area contributed by atoms with E-state index in [4.69, 9.17) is 4.74 Å².